The lowest BCUT2D eigenvalue weighted by atomic mass is 9.97. The molecule has 28 heavy (non-hydrogen) atoms. The Morgan fingerprint density at radius 3 is 2.71 bits per heavy atom. The number of carboxylic acids is 1. The molecule has 4 rings (SSSR count). The zero-order chi connectivity index (χ0) is 19.0. The summed E-state index contributed by atoms with van der Waals surface area (Å²) in [5.74, 6) is 0.0461. The Bertz CT molecular complexity index is 1170. The average Bonchev–Trinajstić information content (AvgIpc) is 3.05. The maximum atomic E-state index is 10.6. The number of aryl methyl sites for hydroxylation is 2. The number of H-pyrrole nitrogens is 1. The highest BCUT2D eigenvalue weighted by Crippen LogP contribution is 2.37. The van der Waals surface area contributed by atoms with Crippen LogP contribution < -0.4 is 4.74 Å². The van der Waals surface area contributed by atoms with Crippen LogP contribution in [0.25, 0.3) is 32.6 Å². The Balaban J connectivity index is 0.00000225. The van der Waals surface area contributed by atoms with Gasteiger partial charge in [-0.15, -0.1) is 12.4 Å². The van der Waals surface area contributed by atoms with E-state index in [9.17, 15) is 4.79 Å². The highest BCUT2D eigenvalue weighted by atomic mass is 35.5. The average molecular weight is 399 g/mol. The zero-order valence-corrected chi connectivity index (χ0v) is 16.7. The van der Waals surface area contributed by atoms with Gasteiger partial charge in [0.2, 0.25) is 0 Å². The first-order valence-corrected chi connectivity index (χ1v) is 9.19. The van der Waals surface area contributed by atoms with Crippen molar-refractivity contribution in [3.05, 3.63) is 47.8 Å². The first kappa shape index (κ1) is 20.0. The molecule has 0 spiro atoms. The Labute approximate surface area is 169 Å². The van der Waals surface area contributed by atoms with E-state index in [4.69, 9.17) is 9.84 Å². The highest BCUT2D eigenvalue weighted by molar-refractivity contribution is 6.16. The van der Waals surface area contributed by atoms with Crippen molar-refractivity contribution in [2.24, 2.45) is 0 Å². The molecule has 2 heterocycles. The third kappa shape index (κ3) is 3.50. The number of hydrogen-bond donors (Lipinski definition) is 2. The Kier molecular flexibility index (Phi) is 5.75. The predicted octanol–water partition coefficient (Wildman–Crippen LogP) is 5.54. The van der Waals surface area contributed by atoms with E-state index in [1.54, 1.807) is 0 Å². The fourth-order valence-electron chi connectivity index (χ4n) is 3.79. The van der Waals surface area contributed by atoms with Crippen LogP contribution in [0.1, 0.15) is 30.4 Å². The number of aromatic amines is 1. The maximum absolute atomic E-state index is 10.6. The summed E-state index contributed by atoms with van der Waals surface area (Å²) in [6.07, 6.45) is 5.30. The number of benzene rings is 2. The van der Waals surface area contributed by atoms with Crippen molar-refractivity contribution in [1.29, 1.82) is 0 Å². The van der Waals surface area contributed by atoms with Gasteiger partial charge >= 0.3 is 5.97 Å². The molecular formula is C22H23ClN2O3. The summed E-state index contributed by atoms with van der Waals surface area (Å²) in [6, 6.07) is 8.14. The fraction of sp³-hybridized carbons (Fsp3) is 0.273. The number of carboxylic acid groups (broad SMARTS) is 1. The molecule has 0 aliphatic heterocycles. The van der Waals surface area contributed by atoms with Crippen molar-refractivity contribution in [1.82, 2.24) is 9.97 Å². The van der Waals surface area contributed by atoms with E-state index in [1.807, 2.05) is 24.5 Å². The lowest BCUT2D eigenvalue weighted by Gasteiger charge is -2.09. The summed E-state index contributed by atoms with van der Waals surface area (Å²) in [6.45, 7) is 4.80. The molecule has 0 unspecified atom stereocenters. The van der Waals surface area contributed by atoms with E-state index >= 15 is 0 Å². The molecule has 4 aromatic rings. The molecule has 0 saturated carbocycles. The number of nitrogens with zero attached hydrogens (tertiary/aromatic N) is 1. The second kappa shape index (κ2) is 8.07. The third-order valence-electron chi connectivity index (χ3n) is 5.20. The van der Waals surface area contributed by atoms with Gasteiger partial charge in [0.15, 0.2) is 0 Å². The van der Waals surface area contributed by atoms with Crippen molar-refractivity contribution in [2.75, 3.05) is 6.61 Å². The second-order valence-corrected chi connectivity index (χ2v) is 6.95. The van der Waals surface area contributed by atoms with Crippen molar-refractivity contribution in [3.8, 4) is 5.75 Å². The summed E-state index contributed by atoms with van der Waals surface area (Å²) in [7, 11) is 0. The monoisotopic (exact) mass is 398 g/mol. The number of hydrogen-bond acceptors (Lipinski definition) is 3. The van der Waals surface area contributed by atoms with Crippen LogP contribution in [0.2, 0.25) is 0 Å². The van der Waals surface area contributed by atoms with Crippen LogP contribution in [-0.2, 0) is 4.79 Å². The molecule has 2 N–H and O–H groups in total. The van der Waals surface area contributed by atoms with Crippen molar-refractivity contribution in [2.45, 2.75) is 33.1 Å². The summed E-state index contributed by atoms with van der Waals surface area (Å²) < 4.78 is 5.85. The number of ether oxygens (including phenoxy) is 1. The van der Waals surface area contributed by atoms with Gasteiger partial charge in [0, 0.05) is 40.5 Å². The molecule has 0 atom stereocenters. The van der Waals surface area contributed by atoms with Crippen LogP contribution in [0.4, 0.5) is 0 Å². The minimum absolute atomic E-state index is 0. The van der Waals surface area contributed by atoms with Crippen LogP contribution in [0.15, 0.2) is 36.7 Å². The van der Waals surface area contributed by atoms with Gasteiger partial charge in [-0.05, 0) is 67.5 Å². The highest BCUT2D eigenvalue weighted by Gasteiger charge is 2.14. The largest absolute Gasteiger partial charge is 0.494 e. The molecule has 2 aromatic carbocycles. The van der Waals surface area contributed by atoms with E-state index < -0.39 is 5.97 Å². The van der Waals surface area contributed by atoms with Crippen LogP contribution in [0.3, 0.4) is 0 Å². The van der Waals surface area contributed by atoms with Crippen LogP contribution >= 0.6 is 12.4 Å². The predicted molar refractivity (Wildman–Crippen MR) is 115 cm³/mol. The minimum Gasteiger partial charge on any atom is -0.494 e. The normalized spacial score (nSPS) is 11.1. The summed E-state index contributed by atoms with van der Waals surface area (Å²) in [5, 5.41) is 13.4. The van der Waals surface area contributed by atoms with Gasteiger partial charge < -0.3 is 14.8 Å². The van der Waals surface area contributed by atoms with Gasteiger partial charge in [-0.2, -0.15) is 0 Å². The molecule has 5 nitrogen and oxygen atoms in total. The lowest BCUT2D eigenvalue weighted by molar-refractivity contribution is -0.137. The number of aromatic nitrogens is 2. The molecule has 0 amide bonds. The van der Waals surface area contributed by atoms with E-state index in [0.717, 1.165) is 28.6 Å². The minimum atomic E-state index is -0.761. The zero-order valence-electron chi connectivity index (χ0n) is 15.9. The quantitative estimate of drug-likeness (QED) is 0.418. The van der Waals surface area contributed by atoms with Crippen LogP contribution in [0.5, 0.6) is 5.75 Å². The van der Waals surface area contributed by atoms with Crippen LogP contribution in [0, 0.1) is 13.8 Å². The number of fused-ring (bicyclic) bond motifs is 4. The molecule has 146 valence electrons. The Hall–Kier alpha value is -2.79. The fourth-order valence-corrected chi connectivity index (χ4v) is 3.79. The van der Waals surface area contributed by atoms with Gasteiger partial charge in [-0.1, -0.05) is 0 Å². The molecule has 0 aliphatic carbocycles. The first-order chi connectivity index (χ1) is 13.1. The standard InChI is InChI=1S/C22H22N2O3.ClH/c1-13-18-12-23-9-8-16(18)14(2)22-21(13)17-11-15(6-7-19(17)24-22)27-10-4-3-5-20(25)26;/h6-9,11-12,24H,3-5,10H2,1-2H3,(H,25,26);1H. The number of rotatable bonds is 6. The Morgan fingerprint density at radius 1 is 1.11 bits per heavy atom. The maximum Gasteiger partial charge on any atom is 0.303 e. The molecular weight excluding hydrogens is 376 g/mol. The van der Waals surface area contributed by atoms with E-state index in [1.165, 1.54) is 27.3 Å². The molecule has 0 saturated heterocycles. The smallest absolute Gasteiger partial charge is 0.303 e. The first-order valence-electron chi connectivity index (χ1n) is 9.19. The van der Waals surface area contributed by atoms with Gasteiger partial charge in [0.05, 0.1) is 12.1 Å². The molecule has 0 fully saturated rings. The number of nitrogens with one attached hydrogen (secondary N) is 1. The molecule has 0 radical (unpaired) electrons. The molecule has 6 heteroatoms. The summed E-state index contributed by atoms with van der Waals surface area (Å²) in [4.78, 5) is 18.4. The van der Waals surface area contributed by atoms with E-state index in [2.05, 4.69) is 35.9 Å². The van der Waals surface area contributed by atoms with Gasteiger partial charge in [0.1, 0.15) is 5.75 Å². The lowest BCUT2D eigenvalue weighted by Crippen LogP contribution is -2.00. The van der Waals surface area contributed by atoms with E-state index in [-0.39, 0.29) is 18.8 Å². The number of unbranched alkanes of at least 4 members (excludes halogenated alkanes) is 1. The molecule has 0 bridgehead atoms. The van der Waals surface area contributed by atoms with Crippen molar-refractivity contribution < 1.29 is 14.6 Å². The van der Waals surface area contributed by atoms with E-state index in [0.29, 0.717) is 13.0 Å². The third-order valence-corrected chi connectivity index (χ3v) is 5.20. The second-order valence-electron chi connectivity index (χ2n) is 6.95. The van der Waals surface area contributed by atoms with Crippen LogP contribution in [-0.4, -0.2) is 27.7 Å². The van der Waals surface area contributed by atoms with Gasteiger partial charge in [0.25, 0.3) is 0 Å². The van der Waals surface area contributed by atoms with Crippen molar-refractivity contribution in [3.63, 3.8) is 0 Å². The Morgan fingerprint density at radius 2 is 1.93 bits per heavy atom. The van der Waals surface area contributed by atoms with Gasteiger partial charge in [-0.25, -0.2) is 0 Å². The number of pyridine rings is 1. The number of aliphatic carboxylic acids is 1. The number of carbonyl (C=O) groups is 1. The SMILES string of the molecule is Cc1c2ccncc2c(C)c2c1[nH]c1ccc(OCCCCC(=O)O)cc12.Cl. The topological polar surface area (TPSA) is 75.2 Å². The van der Waals surface area contributed by atoms with Crippen molar-refractivity contribution >= 4 is 51.0 Å². The summed E-state index contributed by atoms with van der Waals surface area (Å²) in [5.41, 5.74) is 4.67. The molecule has 2 aromatic heterocycles. The molecule has 0 aliphatic rings. The summed E-state index contributed by atoms with van der Waals surface area (Å²) >= 11 is 0. The number of halogens is 1. The van der Waals surface area contributed by atoms with Gasteiger partial charge in [-0.3, -0.25) is 9.78 Å².